The van der Waals surface area contributed by atoms with Crippen molar-refractivity contribution < 1.29 is 8.42 Å². The number of nitrogens with zero attached hydrogens (tertiary/aromatic N) is 2. The van der Waals surface area contributed by atoms with Gasteiger partial charge in [0.2, 0.25) is 0 Å². The predicted molar refractivity (Wildman–Crippen MR) is 65.2 cm³/mol. The van der Waals surface area contributed by atoms with Gasteiger partial charge in [0.25, 0.3) is 10.2 Å². The van der Waals surface area contributed by atoms with Gasteiger partial charge in [-0.1, -0.05) is 6.92 Å². The summed E-state index contributed by atoms with van der Waals surface area (Å²) in [7, 11) is -1.72. The van der Waals surface area contributed by atoms with Crippen LogP contribution in [-0.4, -0.2) is 49.8 Å². The van der Waals surface area contributed by atoms with Crippen LogP contribution in [0.2, 0.25) is 0 Å². The summed E-state index contributed by atoms with van der Waals surface area (Å²) in [6.45, 7) is 5.52. The van der Waals surface area contributed by atoms with Gasteiger partial charge in [0.05, 0.1) is 0 Å². The molecule has 0 radical (unpaired) electrons. The van der Waals surface area contributed by atoms with E-state index in [0.717, 1.165) is 12.8 Å². The van der Waals surface area contributed by atoms with Gasteiger partial charge >= 0.3 is 0 Å². The number of nitrogens with two attached hydrogens (primary N) is 1. The average Bonchev–Trinajstić information content (AvgIpc) is 2.27. The van der Waals surface area contributed by atoms with Crippen LogP contribution in [0.1, 0.15) is 26.7 Å². The molecule has 1 heterocycles. The lowest BCUT2D eigenvalue weighted by molar-refractivity contribution is 0.255. The van der Waals surface area contributed by atoms with Gasteiger partial charge in [0, 0.05) is 32.7 Å². The Morgan fingerprint density at radius 3 is 2.69 bits per heavy atom. The molecule has 2 N–H and O–H groups in total. The van der Waals surface area contributed by atoms with Crippen molar-refractivity contribution >= 4 is 10.2 Å². The molecule has 16 heavy (non-hydrogen) atoms. The second kappa shape index (κ2) is 5.44. The zero-order valence-corrected chi connectivity index (χ0v) is 11.2. The lowest BCUT2D eigenvalue weighted by Crippen LogP contribution is -2.50. The van der Waals surface area contributed by atoms with E-state index >= 15 is 0 Å². The zero-order valence-electron chi connectivity index (χ0n) is 10.4. The number of likely N-dealkylation sites (N-methyl/N-ethyl adjacent to an activating group) is 1. The van der Waals surface area contributed by atoms with Crippen molar-refractivity contribution in [2.45, 2.75) is 32.7 Å². The zero-order chi connectivity index (χ0) is 12.3. The maximum absolute atomic E-state index is 12.2. The molecular formula is C10H23N3O2S. The van der Waals surface area contributed by atoms with Gasteiger partial charge in [-0.05, 0) is 25.7 Å². The van der Waals surface area contributed by atoms with E-state index in [9.17, 15) is 8.42 Å². The Hall–Kier alpha value is -0.170. The minimum Gasteiger partial charge on any atom is -0.329 e. The van der Waals surface area contributed by atoms with E-state index in [-0.39, 0.29) is 6.04 Å². The highest BCUT2D eigenvalue weighted by Crippen LogP contribution is 2.20. The molecule has 96 valence electrons. The monoisotopic (exact) mass is 249 g/mol. The summed E-state index contributed by atoms with van der Waals surface area (Å²) >= 11 is 0. The van der Waals surface area contributed by atoms with E-state index in [1.54, 1.807) is 11.4 Å². The van der Waals surface area contributed by atoms with Crippen LogP contribution < -0.4 is 5.73 Å². The van der Waals surface area contributed by atoms with Crippen LogP contribution in [0.3, 0.4) is 0 Å². The fraction of sp³-hybridized carbons (Fsp3) is 1.00. The molecule has 6 heteroatoms. The molecule has 1 saturated heterocycles. The SMILES string of the molecule is CC1CCCN(S(=O)(=O)N(C)C(C)CN)C1. The van der Waals surface area contributed by atoms with E-state index < -0.39 is 10.2 Å². The minimum atomic E-state index is -3.32. The molecule has 0 aromatic rings. The normalized spacial score (nSPS) is 25.9. The number of piperidine rings is 1. The maximum atomic E-state index is 12.2. The smallest absolute Gasteiger partial charge is 0.282 e. The quantitative estimate of drug-likeness (QED) is 0.776. The second-order valence-electron chi connectivity index (χ2n) is 4.71. The van der Waals surface area contributed by atoms with Crippen molar-refractivity contribution in [2.24, 2.45) is 11.7 Å². The first kappa shape index (κ1) is 13.9. The Labute approximate surface area is 98.8 Å². The highest BCUT2D eigenvalue weighted by Gasteiger charge is 2.32. The van der Waals surface area contributed by atoms with Crippen molar-refractivity contribution in [1.29, 1.82) is 0 Å². The molecule has 1 aliphatic rings. The van der Waals surface area contributed by atoms with Crippen molar-refractivity contribution in [3.63, 3.8) is 0 Å². The largest absolute Gasteiger partial charge is 0.329 e. The highest BCUT2D eigenvalue weighted by molar-refractivity contribution is 7.86. The number of rotatable bonds is 4. The summed E-state index contributed by atoms with van der Waals surface area (Å²) in [6, 6.07) is -0.151. The molecule has 0 aromatic carbocycles. The third-order valence-electron chi connectivity index (χ3n) is 3.27. The Morgan fingerprint density at radius 2 is 2.19 bits per heavy atom. The molecule has 0 spiro atoms. The summed E-state index contributed by atoms with van der Waals surface area (Å²) in [6.07, 6.45) is 2.06. The third kappa shape index (κ3) is 2.94. The fourth-order valence-electron chi connectivity index (χ4n) is 1.91. The molecule has 0 aliphatic carbocycles. The molecule has 1 fully saturated rings. The lowest BCUT2D eigenvalue weighted by atomic mass is 10.0. The predicted octanol–water partition coefficient (Wildman–Crippen LogP) is 0.242. The Morgan fingerprint density at radius 1 is 1.56 bits per heavy atom. The first-order valence-corrected chi connectivity index (χ1v) is 7.22. The molecule has 0 saturated carbocycles. The average molecular weight is 249 g/mol. The lowest BCUT2D eigenvalue weighted by Gasteiger charge is -2.34. The first-order chi connectivity index (χ1) is 7.39. The van der Waals surface area contributed by atoms with Crippen LogP contribution in [0.4, 0.5) is 0 Å². The summed E-state index contributed by atoms with van der Waals surface area (Å²) in [5, 5.41) is 0. The van der Waals surface area contributed by atoms with Gasteiger partial charge in [0.1, 0.15) is 0 Å². The van der Waals surface area contributed by atoms with Gasteiger partial charge in [0.15, 0.2) is 0 Å². The summed E-state index contributed by atoms with van der Waals surface area (Å²) in [4.78, 5) is 0. The molecular weight excluding hydrogens is 226 g/mol. The molecule has 1 rings (SSSR count). The van der Waals surface area contributed by atoms with Crippen molar-refractivity contribution in [3.05, 3.63) is 0 Å². The first-order valence-electron chi connectivity index (χ1n) is 5.82. The van der Waals surface area contributed by atoms with E-state index in [1.165, 1.54) is 4.31 Å². The summed E-state index contributed by atoms with van der Waals surface area (Å²) in [5.41, 5.74) is 5.50. The highest BCUT2D eigenvalue weighted by atomic mass is 32.2. The number of hydrogen-bond acceptors (Lipinski definition) is 3. The van der Waals surface area contributed by atoms with E-state index in [1.807, 2.05) is 6.92 Å². The molecule has 0 aromatic heterocycles. The van der Waals surface area contributed by atoms with Gasteiger partial charge in [-0.15, -0.1) is 0 Å². The van der Waals surface area contributed by atoms with Crippen LogP contribution >= 0.6 is 0 Å². The van der Waals surface area contributed by atoms with Gasteiger partial charge in [-0.2, -0.15) is 17.0 Å². The van der Waals surface area contributed by atoms with Crippen LogP contribution in [0.5, 0.6) is 0 Å². The van der Waals surface area contributed by atoms with Crippen LogP contribution in [0.15, 0.2) is 0 Å². The molecule has 5 nitrogen and oxygen atoms in total. The fourth-order valence-corrected chi connectivity index (χ4v) is 3.62. The molecule has 2 unspecified atom stereocenters. The molecule has 1 aliphatic heterocycles. The van der Waals surface area contributed by atoms with E-state index in [4.69, 9.17) is 5.73 Å². The van der Waals surface area contributed by atoms with E-state index in [2.05, 4.69) is 6.92 Å². The molecule has 0 amide bonds. The minimum absolute atomic E-state index is 0.151. The Kier molecular flexibility index (Phi) is 4.73. The standard InChI is InChI=1S/C10H23N3O2S/c1-9-5-4-6-13(8-9)16(14,15)12(3)10(2)7-11/h9-10H,4-8,11H2,1-3H3. The Balaban J connectivity index is 2.76. The number of hydrogen-bond donors (Lipinski definition) is 1. The molecule has 2 atom stereocenters. The third-order valence-corrected chi connectivity index (χ3v) is 5.34. The van der Waals surface area contributed by atoms with E-state index in [0.29, 0.717) is 25.6 Å². The van der Waals surface area contributed by atoms with Crippen LogP contribution in [0.25, 0.3) is 0 Å². The maximum Gasteiger partial charge on any atom is 0.282 e. The van der Waals surface area contributed by atoms with Gasteiger partial charge in [-0.25, -0.2) is 0 Å². The van der Waals surface area contributed by atoms with Crippen LogP contribution in [-0.2, 0) is 10.2 Å². The van der Waals surface area contributed by atoms with Crippen molar-refractivity contribution in [2.75, 3.05) is 26.7 Å². The Bertz CT molecular complexity index is 318. The van der Waals surface area contributed by atoms with Crippen molar-refractivity contribution in [1.82, 2.24) is 8.61 Å². The molecule has 0 bridgehead atoms. The van der Waals surface area contributed by atoms with Crippen LogP contribution in [0, 0.1) is 5.92 Å². The van der Waals surface area contributed by atoms with Gasteiger partial charge in [-0.3, -0.25) is 0 Å². The summed E-state index contributed by atoms with van der Waals surface area (Å²) < 4.78 is 27.4. The second-order valence-corrected chi connectivity index (χ2v) is 6.70. The topological polar surface area (TPSA) is 66.6 Å². The van der Waals surface area contributed by atoms with Gasteiger partial charge < -0.3 is 5.73 Å². The summed E-state index contributed by atoms with van der Waals surface area (Å²) in [5.74, 6) is 0.449. The van der Waals surface area contributed by atoms with Crippen molar-refractivity contribution in [3.8, 4) is 0 Å².